The first-order chi connectivity index (χ1) is 6.06. The molecule has 0 rings (SSSR count). The van der Waals surface area contributed by atoms with Gasteiger partial charge in [0, 0.05) is 24.7 Å². The molecule has 5 heteroatoms. The number of hydrogen-bond donors (Lipinski definition) is 0. The Morgan fingerprint density at radius 2 is 1.92 bits per heavy atom. The number of carbonyl (C=O) groups excluding carboxylic acids is 2. The Labute approximate surface area is 91.1 Å². The minimum atomic E-state index is -0.310. The summed E-state index contributed by atoms with van der Waals surface area (Å²) in [6.07, 6.45) is 0.402. The fourth-order valence-electron chi connectivity index (χ4n) is 0.736. The molecule has 0 radical (unpaired) electrons. The van der Waals surface area contributed by atoms with Gasteiger partial charge in [0.1, 0.15) is 6.10 Å². The van der Waals surface area contributed by atoms with Crippen LogP contribution in [0.2, 0.25) is 0 Å². The van der Waals surface area contributed by atoms with E-state index < -0.39 is 0 Å². The molecule has 4 nitrogen and oxygen atoms in total. The van der Waals surface area contributed by atoms with Gasteiger partial charge < -0.3 is 9.47 Å². The van der Waals surface area contributed by atoms with Gasteiger partial charge >= 0.3 is 11.9 Å². The van der Waals surface area contributed by atoms with E-state index >= 15 is 0 Å². The zero-order valence-electron chi connectivity index (χ0n) is 7.71. The lowest BCUT2D eigenvalue weighted by molar-refractivity contribution is -0.147. The zero-order chi connectivity index (χ0) is 10.3. The van der Waals surface area contributed by atoms with Crippen molar-refractivity contribution in [1.82, 2.24) is 0 Å². The van der Waals surface area contributed by atoms with Crippen molar-refractivity contribution in [2.75, 3.05) is 11.0 Å². The van der Waals surface area contributed by atoms with Crippen molar-refractivity contribution in [3.8, 4) is 0 Å². The third-order valence-electron chi connectivity index (χ3n) is 1.25. The highest BCUT2D eigenvalue weighted by Gasteiger charge is 2.10. The maximum Gasteiger partial charge on any atom is 0.302 e. The maximum atomic E-state index is 10.6. The summed E-state index contributed by atoms with van der Waals surface area (Å²) in [6.45, 7) is 3.02. The molecule has 0 aliphatic heterocycles. The molecule has 1 unspecified atom stereocenters. The topological polar surface area (TPSA) is 52.6 Å². The Bertz CT molecular complexity index is 181. The van der Waals surface area contributed by atoms with Crippen LogP contribution in [0.1, 0.15) is 20.3 Å². The lowest BCUT2D eigenvalue weighted by atomic mass is 10.3. The van der Waals surface area contributed by atoms with Crippen LogP contribution in [0, 0.1) is 0 Å². The molecule has 0 fully saturated rings. The van der Waals surface area contributed by atoms with Crippen LogP contribution >= 0.6 is 22.6 Å². The molecule has 0 aromatic heterocycles. The molecule has 1 atom stereocenters. The molecule has 0 aromatic carbocycles. The number of rotatable bonds is 5. The van der Waals surface area contributed by atoms with Gasteiger partial charge in [-0.15, -0.1) is 0 Å². The Kier molecular flexibility index (Phi) is 6.93. The van der Waals surface area contributed by atoms with E-state index in [1.54, 1.807) is 0 Å². The molecule has 0 N–H and O–H groups in total. The predicted octanol–water partition coefficient (Wildman–Crippen LogP) is 1.31. The number of ether oxygens (including phenoxy) is 2. The highest BCUT2D eigenvalue weighted by Crippen LogP contribution is 2.04. The Hall–Kier alpha value is -0.330. The molecule has 0 saturated heterocycles. The molecule has 0 aromatic rings. The van der Waals surface area contributed by atoms with Crippen molar-refractivity contribution < 1.29 is 19.1 Å². The lowest BCUT2D eigenvalue weighted by Crippen LogP contribution is -2.20. The van der Waals surface area contributed by atoms with Gasteiger partial charge in [0.15, 0.2) is 0 Å². The van der Waals surface area contributed by atoms with Crippen LogP contribution in [-0.2, 0) is 19.1 Å². The molecule has 13 heavy (non-hydrogen) atoms. The molecular formula is C8H13IO4. The summed E-state index contributed by atoms with van der Waals surface area (Å²) in [4.78, 5) is 21.0. The van der Waals surface area contributed by atoms with Crippen molar-refractivity contribution in [1.29, 1.82) is 0 Å². The summed E-state index contributed by atoms with van der Waals surface area (Å²) in [5.74, 6) is -0.612. The second kappa shape index (κ2) is 7.11. The van der Waals surface area contributed by atoms with Crippen LogP contribution in [0.25, 0.3) is 0 Å². The fraction of sp³-hybridized carbons (Fsp3) is 0.750. The second-order valence-corrected chi connectivity index (χ2v) is 3.40. The van der Waals surface area contributed by atoms with Gasteiger partial charge in [0.25, 0.3) is 0 Å². The van der Waals surface area contributed by atoms with Crippen molar-refractivity contribution in [2.24, 2.45) is 0 Å². The van der Waals surface area contributed by atoms with Crippen LogP contribution in [0.3, 0.4) is 0 Å². The summed E-state index contributed by atoms with van der Waals surface area (Å²) in [5.41, 5.74) is 0. The summed E-state index contributed by atoms with van der Waals surface area (Å²) >= 11 is 2.12. The van der Waals surface area contributed by atoms with Gasteiger partial charge in [-0.2, -0.15) is 0 Å². The fourth-order valence-corrected chi connectivity index (χ4v) is 1.36. The summed E-state index contributed by atoms with van der Waals surface area (Å²) in [6, 6.07) is 0. The largest absolute Gasteiger partial charge is 0.466 e. The van der Waals surface area contributed by atoms with Gasteiger partial charge in [0.2, 0.25) is 0 Å². The monoisotopic (exact) mass is 300 g/mol. The van der Waals surface area contributed by atoms with E-state index in [0.29, 0.717) is 17.5 Å². The van der Waals surface area contributed by atoms with E-state index in [2.05, 4.69) is 22.6 Å². The smallest absolute Gasteiger partial charge is 0.302 e. The summed E-state index contributed by atoms with van der Waals surface area (Å²) in [7, 11) is 0. The number of carbonyl (C=O) groups is 2. The van der Waals surface area contributed by atoms with E-state index in [1.165, 1.54) is 13.8 Å². The van der Waals surface area contributed by atoms with Gasteiger partial charge in [-0.25, -0.2) is 0 Å². The zero-order valence-corrected chi connectivity index (χ0v) is 9.87. The Morgan fingerprint density at radius 1 is 1.31 bits per heavy atom. The normalized spacial score (nSPS) is 11.9. The van der Waals surface area contributed by atoms with E-state index in [0.717, 1.165) is 0 Å². The second-order valence-electron chi connectivity index (χ2n) is 2.51. The molecule has 0 aliphatic rings. The third-order valence-corrected chi connectivity index (χ3v) is 2.23. The molecule has 76 valence electrons. The highest BCUT2D eigenvalue weighted by atomic mass is 127. The van der Waals surface area contributed by atoms with Crippen molar-refractivity contribution >= 4 is 34.5 Å². The molecule has 0 heterocycles. The van der Waals surface area contributed by atoms with Crippen molar-refractivity contribution in [2.45, 2.75) is 26.4 Å². The number of esters is 2. The van der Waals surface area contributed by atoms with E-state index in [4.69, 9.17) is 9.47 Å². The quantitative estimate of drug-likeness (QED) is 0.436. The standard InChI is InChI=1S/C8H13IO4/c1-6(10)12-4-3-8(5-9)13-7(2)11/h8H,3-5H2,1-2H3. The third kappa shape index (κ3) is 8.01. The average Bonchev–Trinajstić information content (AvgIpc) is 2.01. The number of hydrogen-bond acceptors (Lipinski definition) is 4. The average molecular weight is 300 g/mol. The van der Waals surface area contributed by atoms with Crippen LogP contribution in [0.4, 0.5) is 0 Å². The van der Waals surface area contributed by atoms with Crippen LogP contribution in [-0.4, -0.2) is 29.1 Å². The van der Waals surface area contributed by atoms with Crippen LogP contribution < -0.4 is 0 Å². The highest BCUT2D eigenvalue weighted by molar-refractivity contribution is 14.1. The minimum Gasteiger partial charge on any atom is -0.466 e. The van der Waals surface area contributed by atoms with Crippen molar-refractivity contribution in [3.05, 3.63) is 0 Å². The minimum absolute atomic E-state index is 0.155. The maximum absolute atomic E-state index is 10.6. The lowest BCUT2D eigenvalue weighted by Gasteiger charge is -2.13. The molecular weight excluding hydrogens is 287 g/mol. The summed E-state index contributed by atoms with van der Waals surface area (Å²) in [5, 5.41) is 0. The first kappa shape index (κ1) is 12.7. The van der Waals surface area contributed by atoms with E-state index in [1.807, 2.05) is 0 Å². The first-order valence-electron chi connectivity index (χ1n) is 3.92. The van der Waals surface area contributed by atoms with Gasteiger partial charge in [-0.1, -0.05) is 22.6 Å². The molecule has 0 amide bonds. The van der Waals surface area contributed by atoms with E-state index in [-0.39, 0.29) is 18.0 Å². The number of alkyl halides is 1. The molecule has 0 saturated carbocycles. The van der Waals surface area contributed by atoms with E-state index in [9.17, 15) is 9.59 Å². The predicted molar refractivity (Wildman–Crippen MR) is 55.7 cm³/mol. The van der Waals surface area contributed by atoms with Crippen molar-refractivity contribution in [3.63, 3.8) is 0 Å². The van der Waals surface area contributed by atoms with Gasteiger partial charge in [-0.05, 0) is 0 Å². The molecule has 0 aliphatic carbocycles. The Morgan fingerprint density at radius 3 is 2.31 bits per heavy atom. The molecule has 0 spiro atoms. The van der Waals surface area contributed by atoms with Crippen LogP contribution in [0.5, 0.6) is 0 Å². The van der Waals surface area contributed by atoms with Gasteiger partial charge in [0.05, 0.1) is 6.61 Å². The molecule has 0 bridgehead atoms. The first-order valence-corrected chi connectivity index (χ1v) is 5.45. The van der Waals surface area contributed by atoms with Crippen LogP contribution in [0.15, 0.2) is 0 Å². The summed E-state index contributed by atoms with van der Waals surface area (Å²) < 4.78 is 10.4. The number of halogens is 1. The SMILES string of the molecule is CC(=O)OCCC(CI)OC(C)=O. The Balaban J connectivity index is 3.59. The van der Waals surface area contributed by atoms with Gasteiger partial charge in [-0.3, -0.25) is 9.59 Å².